The summed E-state index contributed by atoms with van der Waals surface area (Å²) in [6.45, 7) is 16.4. The smallest absolute Gasteiger partial charge is 0.147 e. The summed E-state index contributed by atoms with van der Waals surface area (Å²) in [6, 6.07) is 11.7. The Balaban J connectivity index is 0.000000181. The van der Waals surface area contributed by atoms with E-state index >= 15 is 0 Å². The van der Waals surface area contributed by atoms with E-state index in [1.165, 1.54) is 12.7 Å². The van der Waals surface area contributed by atoms with E-state index in [2.05, 4.69) is 61.5 Å². The molecule has 46 heavy (non-hydrogen) atoms. The van der Waals surface area contributed by atoms with Crippen LogP contribution >= 0.6 is 46.4 Å². The molecule has 0 aliphatic heterocycles. The summed E-state index contributed by atoms with van der Waals surface area (Å²) in [5, 5.41) is 3.83. The van der Waals surface area contributed by atoms with Crippen LogP contribution in [-0.4, -0.2) is 29.1 Å². The largest absolute Gasteiger partial charge is 0.383 e. The summed E-state index contributed by atoms with van der Waals surface area (Å²) in [6.07, 6.45) is 2.91. The lowest BCUT2D eigenvalue weighted by atomic mass is 10.0. The summed E-state index contributed by atoms with van der Waals surface area (Å²) in [7, 11) is 0. The number of aryl methyl sites for hydroxylation is 2. The molecule has 4 heterocycles. The number of nitrogens with two attached hydrogens (primary N) is 2. The summed E-state index contributed by atoms with van der Waals surface area (Å²) in [5.74, 6) is 0.792. The van der Waals surface area contributed by atoms with E-state index in [0.717, 1.165) is 44.2 Å². The van der Waals surface area contributed by atoms with Crippen LogP contribution in [0, 0.1) is 13.8 Å². The number of anilines is 2. The first kappa shape index (κ1) is 33.8. The Hall–Kier alpha value is -3.56. The topological polar surface area (TPSA) is 113 Å². The molecule has 8 nitrogen and oxygen atoms in total. The van der Waals surface area contributed by atoms with Gasteiger partial charge in [0.2, 0.25) is 0 Å². The maximum absolute atomic E-state index is 6.75. The van der Waals surface area contributed by atoms with Gasteiger partial charge in [-0.2, -0.15) is 0 Å². The Morgan fingerprint density at radius 3 is 1.24 bits per heavy atom. The van der Waals surface area contributed by atoms with Gasteiger partial charge >= 0.3 is 0 Å². The molecular weight excluding hydrogens is 662 g/mol. The van der Waals surface area contributed by atoms with Gasteiger partial charge in [-0.25, -0.2) is 19.9 Å². The third kappa shape index (κ3) is 5.99. The molecule has 0 radical (unpaired) electrons. The highest BCUT2D eigenvalue weighted by Crippen LogP contribution is 2.46. The maximum atomic E-state index is 6.75. The molecule has 240 valence electrons. The van der Waals surface area contributed by atoms with Crippen LogP contribution in [0.25, 0.3) is 44.3 Å². The van der Waals surface area contributed by atoms with Crippen LogP contribution in [0.15, 0.2) is 49.1 Å². The second-order valence-corrected chi connectivity index (χ2v) is 14.8. The average molecular weight is 699 g/mol. The van der Waals surface area contributed by atoms with Gasteiger partial charge in [0.05, 0.1) is 10.8 Å². The second kappa shape index (κ2) is 12.2. The van der Waals surface area contributed by atoms with E-state index in [0.29, 0.717) is 43.3 Å². The van der Waals surface area contributed by atoms with Gasteiger partial charge in [-0.15, -0.1) is 0 Å². The molecule has 0 fully saturated rings. The van der Waals surface area contributed by atoms with Crippen molar-refractivity contribution in [3.63, 3.8) is 0 Å². The zero-order chi connectivity index (χ0) is 33.9. The molecule has 0 bridgehead atoms. The summed E-state index contributed by atoms with van der Waals surface area (Å²) < 4.78 is 3.94. The summed E-state index contributed by atoms with van der Waals surface area (Å²) in [4.78, 5) is 17.1. The molecule has 2 aromatic carbocycles. The summed E-state index contributed by atoms with van der Waals surface area (Å²) >= 11 is 26.4. The molecule has 6 rings (SSSR count). The lowest BCUT2D eigenvalue weighted by molar-refractivity contribution is 0.409. The van der Waals surface area contributed by atoms with E-state index in [-0.39, 0.29) is 11.1 Å². The quantitative estimate of drug-likeness (QED) is 0.186. The van der Waals surface area contributed by atoms with Crippen molar-refractivity contribution in [2.24, 2.45) is 0 Å². The van der Waals surface area contributed by atoms with E-state index < -0.39 is 0 Å². The molecule has 12 heteroatoms. The van der Waals surface area contributed by atoms with Gasteiger partial charge in [-0.05, 0) is 79.7 Å². The Labute approximate surface area is 288 Å². The van der Waals surface area contributed by atoms with E-state index in [1.807, 2.05) is 59.4 Å². The highest BCUT2D eigenvalue weighted by molar-refractivity contribution is 6.39. The van der Waals surface area contributed by atoms with Gasteiger partial charge in [-0.1, -0.05) is 69.7 Å². The molecular formula is C34H36Cl4N8. The lowest BCUT2D eigenvalue weighted by Gasteiger charge is -2.23. The molecule has 0 amide bonds. The van der Waals surface area contributed by atoms with Gasteiger partial charge in [0.25, 0.3) is 0 Å². The molecule has 0 spiro atoms. The van der Waals surface area contributed by atoms with Crippen molar-refractivity contribution in [1.82, 2.24) is 29.1 Å². The fraction of sp³-hybridized carbons (Fsp3) is 0.294. The van der Waals surface area contributed by atoms with Crippen LogP contribution in [0.3, 0.4) is 0 Å². The van der Waals surface area contributed by atoms with Crippen molar-refractivity contribution in [1.29, 1.82) is 0 Å². The van der Waals surface area contributed by atoms with Crippen molar-refractivity contribution in [3.05, 3.63) is 80.5 Å². The van der Waals surface area contributed by atoms with Crippen molar-refractivity contribution in [2.75, 3.05) is 11.5 Å². The van der Waals surface area contributed by atoms with Crippen LogP contribution in [0.1, 0.15) is 52.7 Å². The predicted molar refractivity (Wildman–Crippen MR) is 194 cm³/mol. The number of aromatic nitrogens is 6. The number of benzene rings is 2. The molecule has 0 aliphatic rings. The minimum atomic E-state index is -0.259. The Morgan fingerprint density at radius 2 is 0.913 bits per heavy atom. The molecule has 4 N–H and O–H groups in total. The van der Waals surface area contributed by atoms with Crippen LogP contribution in [0.4, 0.5) is 11.6 Å². The van der Waals surface area contributed by atoms with Crippen molar-refractivity contribution >= 4 is 80.1 Å². The van der Waals surface area contributed by atoms with E-state index in [1.54, 1.807) is 0 Å². The van der Waals surface area contributed by atoms with Crippen LogP contribution < -0.4 is 11.5 Å². The predicted octanol–water partition coefficient (Wildman–Crippen LogP) is 10.1. The third-order valence-electron chi connectivity index (χ3n) is 7.57. The number of fused-ring (bicyclic) bond motifs is 2. The fourth-order valence-corrected chi connectivity index (χ4v) is 7.07. The molecule has 4 aromatic heterocycles. The third-order valence-corrected chi connectivity index (χ3v) is 8.94. The first-order valence-electron chi connectivity index (χ1n) is 14.6. The highest BCUT2D eigenvalue weighted by Gasteiger charge is 2.29. The van der Waals surface area contributed by atoms with Gasteiger partial charge in [0.1, 0.15) is 45.9 Å². The summed E-state index contributed by atoms with van der Waals surface area (Å²) in [5.41, 5.74) is 18.6. The van der Waals surface area contributed by atoms with E-state index in [9.17, 15) is 0 Å². The lowest BCUT2D eigenvalue weighted by Crippen LogP contribution is -2.22. The minimum absolute atomic E-state index is 0.259. The van der Waals surface area contributed by atoms with Crippen LogP contribution in [-0.2, 0) is 11.1 Å². The Morgan fingerprint density at radius 1 is 0.565 bits per heavy atom. The van der Waals surface area contributed by atoms with Crippen LogP contribution in [0.2, 0.25) is 20.4 Å². The molecule has 0 saturated heterocycles. The van der Waals surface area contributed by atoms with Gasteiger partial charge in [0, 0.05) is 43.4 Å². The zero-order valence-electron chi connectivity index (χ0n) is 27.0. The van der Waals surface area contributed by atoms with Crippen LogP contribution in [0.5, 0.6) is 0 Å². The second-order valence-electron chi connectivity index (χ2n) is 13.2. The Kier molecular flexibility index (Phi) is 8.98. The SMILES string of the molecule is Cc1ccc(Cl)c(-c2c(Cl)n(C(C)(C)C)c3ncnc(N)c23)c1.Cc1ccc(Cl)c(-c2c(Cl)n(C(C)(C)C)c3ncnc(N)c23)c1. The van der Waals surface area contributed by atoms with Crippen molar-refractivity contribution in [3.8, 4) is 22.3 Å². The number of nitrogen functional groups attached to an aromatic ring is 2. The number of hydrogen-bond donors (Lipinski definition) is 2. The first-order valence-corrected chi connectivity index (χ1v) is 16.1. The normalized spacial score (nSPS) is 12.1. The van der Waals surface area contributed by atoms with Gasteiger partial charge < -0.3 is 20.6 Å². The van der Waals surface area contributed by atoms with Gasteiger partial charge in [-0.3, -0.25) is 0 Å². The molecule has 0 aliphatic carbocycles. The van der Waals surface area contributed by atoms with Gasteiger partial charge in [0.15, 0.2) is 0 Å². The highest BCUT2D eigenvalue weighted by atomic mass is 35.5. The van der Waals surface area contributed by atoms with E-state index in [4.69, 9.17) is 57.9 Å². The Bertz CT molecular complexity index is 1970. The molecule has 6 aromatic rings. The fourth-order valence-electron chi connectivity index (χ4n) is 5.59. The number of rotatable bonds is 2. The number of nitrogens with zero attached hydrogens (tertiary/aromatic N) is 6. The minimum Gasteiger partial charge on any atom is -0.383 e. The van der Waals surface area contributed by atoms with Crippen molar-refractivity contribution < 1.29 is 0 Å². The zero-order valence-corrected chi connectivity index (χ0v) is 30.0. The standard InChI is InChI=1S/2C17H18Cl2N4/c2*1-9-5-6-11(18)10(7-9)12-13-15(20)21-8-22-16(13)23(14(12)19)17(2,3)4/h2*5-8H,1-4H3,(H2,20,21,22). The average Bonchev–Trinajstić information content (AvgIpc) is 3.43. The van der Waals surface area contributed by atoms with Crippen molar-refractivity contribution in [2.45, 2.75) is 66.5 Å². The molecule has 0 unspecified atom stereocenters. The monoisotopic (exact) mass is 696 g/mol. The maximum Gasteiger partial charge on any atom is 0.147 e. The first-order chi connectivity index (χ1) is 21.4. The number of hydrogen-bond acceptors (Lipinski definition) is 6. The molecule has 0 atom stereocenters. The number of halogens is 4. The molecule has 0 saturated carbocycles.